The van der Waals surface area contributed by atoms with Crippen LogP contribution in [0.2, 0.25) is 0 Å². The zero-order valence-corrected chi connectivity index (χ0v) is 12.0. The fourth-order valence-electron chi connectivity index (χ4n) is 2.27. The Morgan fingerprint density at radius 3 is 2.65 bits per heavy atom. The van der Waals surface area contributed by atoms with E-state index in [0.717, 1.165) is 17.9 Å². The van der Waals surface area contributed by atoms with Gasteiger partial charge in [-0.1, -0.05) is 60.2 Å². The average molecular weight is 281 g/mol. The van der Waals surface area contributed by atoms with Gasteiger partial charge in [-0.2, -0.15) is 5.10 Å². The summed E-state index contributed by atoms with van der Waals surface area (Å²) in [5, 5.41) is 7.24. The Balaban J connectivity index is 2.02. The maximum absolute atomic E-state index is 5.35. The van der Waals surface area contributed by atoms with Gasteiger partial charge in [0.1, 0.15) is 0 Å². The lowest BCUT2D eigenvalue weighted by Crippen LogP contribution is -2.02. The largest absolute Gasteiger partial charge is 0.296 e. The molecular formula is C16H15N3S. The molecule has 3 aromatic rings. The van der Waals surface area contributed by atoms with E-state index < -0.39 is 0 Å². The van der Waals surface area contributed by atoms with E-state index in [9.17, 15) is 0 Å². The molecule has 0 atom stereocenters. The van der Waals surface area contributed by atoms with E-state index in [1.807, 2.05) is 34.9 Å². The number of hydrogen-bond donors (Lipinski definition) is 1. The maximum atomic E-state index is 5.35. The van der Waals surface area contributed by atoms with Gasteiger partial charge < -0.3 is 0 Å². The summed E-state index contributed by atoms with van der Waals surface area (Å²) in [4.78, 5) is 0. The minimum atomic E-state index is 0.644. The Hall–Kier alpha value is -2.20. The van der Waals surface area contributed by atoms with Crippen molar-refractivity contribution in [2.45, 2.75) is 13.5 Å². The van der Waals surface area contributed by atoms with Gasteiger partial charge >= 0.3 is 0 Å². The molecule has 0 aliphatic carbocycles. The van der Waals surface area contributed by atoms with Gasteiger partial charge in [0.15, 0.2) is 10.6 Å². The molecule has 0 saturated heterocycles. The number of nitrogens with one attached hydrogen (secondary N) is 1. The fourth-order valence-corrected chi connectivity index (χ4v) is 2.46. The summed E-state index contributed by atoms with van der Waals surface area (Å²) < 4.78 is 2.67. The smallest absolute Gasteiger partial charge is 0.195 e. The number of aromatic nitrogens is 3. The van der Waals surface area contributed by atoms with Crippen molar-refractivity contribution in [3.05, 3.63) is 70.5 Å². The average Bonchev–Trinajstić information content (AvgIpc) is 2.81. The minimum absolute atomic E-state index is 0.644. The van der Waals surface area contributed by atoms with Crippen LogP contribution in [0.4, 0.5) is 0 Å². The number of nitrogens with zero attached hydrogens (tertiary/aromatic N) is 2. The number of aromatic amines is 1. The standard InChI is InChI=1S/C16H15N3S/c1-12-6-5-7-13(10-12)11-19-15(17-18-16(19)20)14-8-3-2-4-9-14/h2-10H,11H2,1H3,(H,18,20). The van der Waals surface area contributed by atoms with Crippen LogP contribution in [0.5, 0.6) is 0 Å². The Morgan fingerprint density at radius 1 is 1.10 bits per heavy atom. The second kappa shape index (κ2) is 5.43. The summed E-state index contributed by atoms with van der Waals surface area (Å²) in [6.07, 6.45) is 0. The van der Waals surface area contributed by atoms with Crippen molar-refractivity contribution in [1.82, 2.24) is 14.8 Å². The Kier molecular flexibility index (Phi) is 3.48. The quantitative estimate of drug-likeness (QED) is 0.737. The van der Waals surface area contributed by atoms with Gasteiger partial charge in [0.25, 0.3) is 0 Å². The second-order valence-electron chi connectivity index (χ2n) is 4.79. The lowest BCUT2D eigenvalue weighted by molar-refractivity contribution is 0.790. The zero-order chi connectivity index (χ0) is 13.9. The lowest BCUT2D eigenvalue weighted by Gasteiger charge is -2.07. The van der Waals surface area contributed by atoms with E-state index in [0.29, 0.717) is 4.77 Å². The topological polar surface area (TPSA) is 33.6 Å². The molecule has 100 valence electrons. The van der Waals surface area contributed by atoms with E-state index in [2.05, 4.69) is 41.4 Å². The third-order valence-corrected chi connectivity index (χ3v) is 3.53. The predicted molar refractivity (Wildman–Crippen MR) is 83.1 cm³/mol. The molecule has 3 rings (SSSR count). The van der Waals surface area contributed by atoms with Crippen LogP contribution in [0.1, 0.15) is 11.1 Å². The van der Waals surface area contributed by atoms with Crippen molar-refractivity contribution < 1.29 is 0 Å². The van der Waals surface area contributed by atoms with Crippen LogP contribution < -0.4 is 0 Å². The van der Waals surface area contributed by atoms with Crippen LogP contribution in [0.3, 0.4) is 0 Å². The first-order valence-corrected chi connectivity index (χ1v) is 6.91. The third-order valence-electron chi connectivity index (χ3n) is 3.21. The van der Waals surface area contributed by atoms with Gasteiger partial charge in [0.05, 0.1) is 6.54 Å². The van der Waals surface area contributed by atoms with Crippen molar-refractivity contribution in [2.75, 3.05) is 0 Å². The van der Waals surface area contributed by atoms with Gasteiger partial charge in [-0.15, -0.1) is 0 Å². The van der Waals surface area contributed by atoms with Crippen molar-refractivity contribution in [2.24, 2.45) is 0 Å². The van der Waals surface area contributed by atoms with Crippen molar-refractivity contribution in [3.8, 4) is 11.4 Å². The zero-order valence-electron chi connectivity index (χ0n) is 11.2. The number of benzene rings is 2. The van der Waals surface area contributed by atoms with Crippen molar-refractivity contribution >= 4 is 12.2 Å². The summed E-state index contributed by atoms with van der Waals surface area (Å²) in [6.45, 7) is 2.82. The first-order chi connectivity index (χ1) is 9.74. The highest BCUT2D eigenvalue weighted by molar-refractivity contribution is 7.71. The molecule has 3 nitrogen and oxygen atoms in total. The molecule has 0 saturated carbocycles. The maximum Gasteiger partial charge on any atom is 0.195 e. The van der Waals surface area contributed by atoms with Crippen LogP contribution in [-0.2, 0) is 6.54 Å². The Labute approximate surface area is 122 Å². The van der Waals surface area contributed by atoms with Gasteiger partial charge in [0.2, 0.25) is 0 Å². The molecule has 0 fully saturated rings. The summed E-state index contributed by atoms with van der Waals surface area (Å²) >= 11 is 5.35. The summed E-state index contributed by atoms with van der Waals surface area (Å²) in [6, 6.07) is 18.5. The molecule has 4 heteroatoms. The summed E-state index contributed by atoms with van der Waals surface area (Å²) in [5.74, 6) is 0.872. The third kappa shape index (κ3) is 2.56. The second-order valence-corrected chi connectivity index (χ2v) is 5.18. The number of hydrogen-bond acceptors (Lipinski definition) is 2. The van der Waals surface area contributed by atoms with Gasteiger partial charge in [-0.3, -0.25) is 9.67 Å². The summed E-state index contributed by atoms with van der Waals surface area (Å²) in [7, 11) is 0. The van der Waals surface area contributed by atoms with Crippen LogP contribution in [0.15, 0.2) is 54.6 Å². The first-order valence-electron chi connectivity index (χ1n) is 6.50. The monoisotopic (exact) mass is 281 g/mol. The molecule has 0 spiro atoms. The van der Waals surface area contributed by atoms with Crippen LogP contribution in [-0.4, -0.2) is 14.8 Å². The Bertz CT molecular complexity index is 772. The molecular weight excluding hydrogens is 266 g/mol. The van der Waals surface area contributed by atoms with Crippen LogP contribution in [0, 0.1) is 11.7 Å². The van der Waals surface area contributed by atoms with E-state index in [4.69, 9.17) is 12.2 Å². The molecule has 0 unspecified atom stereocenters. The highest BCUT2D eigenvalue weighted by Crippen LogP contribution is 2.18. The van der Waals surface area contributed by atoms with Gasteiger partial charge in [-0.25, -0.2) is 0 Å². The van der Waals surface area contributed by atoms with E-state index in [-0.39, 0.29) is 0 Å². The number of H-pyrrole nitrogens is 1. The molecule has 0 amide bonds. The van der Waals surface area contributed by atoms with E-state index in [1.54, 1.807) is 0 Å². The molecule has 0 bridgehead atoms. The highest BCUT2D eigenvalue weighted by Gasteiger charge is 2.08. The fraction of sp³-hybridized carbons (Fsp3) is 0.125. The minimum Gasteiger partial charge on any atom is -0.296 e. The molecule has 1 heterocycles. The molecule has 0 aliphatic heterocycles. The SMILES string of the molecule is Cc1cccc(Cn2c(-c3ccccc3)n[nH]c2=S)c1. The van der Waals surface area contributed by atoms with Crippen LogP contribution in [0.25, 0.3) is 11.4 Å². The molecule has 20 heavy (non-hydrogen) atoms. The molecule has 2 aromatic carbocycles. The number of aryl methyl sites for hydroxylation is 1. The first kappa shape index (κ1) is 12.8. The summed E-state index contributed by atoms with van der Waals surface area (Å²) in [5.41, 5.74) is 3.53. The molecule has 1 N–H and O–H groups in total. The molecule has 0 aliphatic rings. The predicted octanol–water partition coefficient (Wildman–Crippen LogP) is 3.96. The normalized spacial score (nSPS) is 10.7. The molecule has 0 radical (unpaired) electrons. The van der Waals surface area contributed by atoms with Crippen molar-refractivity contribution in [3.63, 3.8) is 0 Å². The highest BCUT2D eigenvalue weighted by atomic mass is 32.1. The lowest BCUT2D eigenvalue weighted by atomic mass is 10.1. The van der Waals surface area contributed by atoms with E-state index >= 15 is 0 Å². The number of rotatable bonds is 3. The molecule has 1 aromatic heterocycles. The van der Waals surface area contributed by atoms with Crippen molar-refractivity contribution in [1.29, 1.82) is 0 Å². The van der Waals surface area contributed by atoms with E-state index in [1.165, 1.54) is 11.1 Å². The van der Waals surface area contributed by atoms with Crippen LogP contribution >= 0.6 is 12.2 Å². The Morgan fingerprint density at radius 2 is 1.90 bits per heavy atom. The van der Waals surface area contributed by atoms with Gasteiger partial charge in [0, 0.05) is 5.56 Å². The van der Waals surface area contributed by atoms with Gasteiger partial charge in [-0.05, 0) is 24.7 Å².